The van der Waals surface area contributed by atoms with Gasteiger partial charge < -0.3 is 5.32 Å². The van der Waals surface area contributed by atoms with Crippen molar-refractivity contribution in [2.45, 2.75) is 12.8 Å². The molecule has 4 heteroatoms. The van der Waals surface area contributed by atoms with Crippen molar-refractivity contribution < 1.29 is 0 Å². The minimum Gasteiger partial charge on any atom is -0.316 e. The highest BCUT2D eigenvalue weighted by Crippen LogP contribution is 2.36. The third kappa shape index (κ3) is 2.03. The smallest absolute Gasteiger partial charge is 0.146 e. The van der Waals surface area contributed by atoms with Crippen molar-refractivity contribution in [3.63, 3.8) is 0 Å². The normalized spacial score (nSPS) is 26.3. The number of nitriles is 1. The summed E-state index contributed by atoms with van der Waals surface area (Å²) < 4.78 is 0. The highest BCUT2D eigenvalue weighted by Gasteiger charge is 2.30. The van der Waals surface area contributed by atoms with Gasteiger partial charge in [-0.1, -0.05) is 17.7 Å². The number of nitrogens with zero attached hydrogens (tertiary/aromatic N) is 2. The number of hydrogen-bond donors (Lipinski definition) is 1. The number of halogens is 1. The zero-order valence-electron chi connectivity index (χ0n) is 9.99. The molecule has 1 aliphatic heterocycles. The van der Waals surface area contributed by atoms with Gasteiger partial charge >= 0.3 is 0 Å². The molecule has 1 aromatic heterocycles. The molecular weight excluding hydrogens is 246 g/mol. The van der Waals surface area contributed by atoms with Gasteiger partial charge in [-0.25, -0.2) is 4.98 Å². The van der Waals surface area contributed by atoms with Crippen molar-refractivity contribution in [1.82, 2.24) is 10.3 Å². The van der Waals surface area contributed by atoms with Gasteiger partial charge in [0.2, 0.25) is 0 Å². The lowest BCUT2D eigenvalue weighted by atomic mass is 9.80. The van der Waals surface area contributed by atoms with E-state index in [4.69, 9.17) is 16.9 Å². The van der Waals surface area contributed by atoms with E-state index >= 15 is 0 Å². The molecule has 0 radical (unpaired) electrons. The van der Waals surface area contributed by atoms with Crippen molar-refractivity contribution in [1.29, 1.82) is 5.26 Å². The predicted octanol–water partition coefficient (Wildman–Crippen LogP) is 2.62. The van der Waals surface area contributed by atoms with E-state index in [0.717, 1.165) is 43.3 Å². The maximum atomic E-state index is 8.99. The summed E-state index contributed by atoms with van der Waals surface area (Å²) in [4.78, 5) is 4.10. The minimum absolute atomic E-state index is 0.290. The standard InChI is InChI=1S/C14H14ClN3/c15-14-11(5-16)4-13(8-18-14)9-1-2-10-6-17-7-12(10)3-9/h1,4,8,10,12,17H,2-3,6-7H2/t10-,12+/m0/s1. The quantitative estimate of drug-likeness (QED) is 0.789. The van der Waals surface area contributed by atoms with Gasteiger partial charge in [0, 0.05) is 6.20 Å². The van der Waals surface area contributed by atoms with Crippen LogP contribution >= 0.6 is 11.6 Å². The molecule has 0 spiro atoms. The molecule has 2 aliphatic rings. The second-order valence-corrected chi connectivity index (χ2v) is 5.38. The van der Waals surface area contributed by atoms with Gasteiger partial charge in [0.05, 0.1) is 5.56 Å². The van der Waals surface area contributed by atoms with Crippen LogP contribution < -0.4 is 5.32 Å². The molecular formula is C14H14ClN3. The van der Waals surface area contributed by atoms with Gasteiger partial charge in [-0.3, -0.25) is 0 Å². The summed E-state index contributed by atoms with van der Waals surface area (Å²) in [5, 5.41) is 12.7. The van der Waals surface area contributed by atoms with Crippen LogP contribution in [0.4, 0.5) is 0 Å². The van der Waals surface area contributed by atoms with E-state index < -0.39 is 0 Å². The van der Waals surface area contributed by atoms with Gasteiger partial charge in [0.1, 0.15) is 11.2 Å². The summed E-state index contributed by atoms with van der Waals surface area (Å²) in [6.45, 7) is 2.24. The summed E-state index contributed by atoms with van der Waals surface area (Å²) in [7, 11) is 0. The molecule has 2 atom stereocenters. The predicted molar refractivity (Wildman–Crippen MR) is 71.0 cm³/mol. The van der Waals surface area contributed by atoms with Crippen LogP contribution in [0.25, 0.3) is 5.57 Å². The molecule has 0 bridgehead atoms. The summed E-state index contributed by atoms with van der Waals surface area (Å²) in [6.07, 6.45) is 6.27. The fourth-order valence-electron chi connectivity index (χ4n) is 2.90. The van der Waals surface area contributed by atoms with E-state index in [1.54, 1.807) is 6.20 Å². The molecule has 0 amide bonds. The van der Waals surface area contributed by atoms with Crippen LogP contribution in [0, 0.1) is 23.2 Å². The Morgan fingerprint density at radius 1 is 1.39 bits per heavy atom. The van der Waals surface area contributed by atoms with Crippen molar-refractivity contribution in [3.8, 4) is 6.07 Å². The molecule has 1 saturated heterocycles. The van der Waals surface area contributed by atoms with E-state index in [9.17, 15) is 0 Å². The first-order chi connectivity index (χ1) is 8.78. The Morgan fingerprint density at radius 2 is 2.22 bits per heavy atom. The van der Waals surface area contributed by atoms with E-state index in [0.29, 0.717) is 5.56 Å². The van der Waals surface area contributed by atoms with Gasteiger partial charge in [-0.15, -0.1) is 0 Å². The number of allylic oxidation sites excluding steroid dienone is 2. The summed E-state index contributed by atoms with van der Waals surface area (Å²) in [6, 6.07) is 3.94. The fourth-order valence-corrected chi connectivity index (χ4v) is 3.04. The number of hydrogen-bond acceptors (Lipinski definition) is 3. The molecule has 0 saturated carbocycles. The Kier molecular flexibility index (Phi) is 3.07. The van der Waals surface area contributed by atoms with Crippen LogP contribution in [0.15, 0.2) is 18.3 Å². The molecule has 3 nitrogen and oxygen atoms in total. The SMILES string of the molecule is N#Cc1cc(C2=CC[C@H]3CNC[C@H]3C2)cnc1Cl. The molecule has 3 rings (SSSR count). The third-order valence-corrected chi connectivity index (χ3v) is 4.26. The van der Waals surface area contributed by atoms with E-state index in [1.807, 2.05) is 6.07 Å². The fraction of sp³-hybridized carbons (Fsp3) is 0.429. The molecule has 1 fully saturated rings. The number of pyridine rings is 1. The van der Waals surface area contributed by atoms with Crippen molar-refractivity contribution in [2.75, 3.05) is 13.1 Å². The van der Waals surface area contributed by atoms with Crippen molar-refractivity contribution in [3.05, 3.63) is 34.6 Å². The lowest BCUT2D eigenvalue weighted by molar-refractivity contribution is 0.418. The molecule has 1 N–H and O–H groups in total. The number of nitrogens with one attached hydrogen (secondary N) is 1. The van der Waals surface area contributed by atoms with E-state index in [-0.39, 0.29) is 5.15 Å². The Morgan fingerprint density at radius 3 is 3.06 bits per heavy atom. The van der Waals surface area contributed by atoms with Crippen LogP contribution in [0.3, 0.4) is 0 Å². The second kappa shape index (κ2) is 4.72. The first kappa shape index (κ1) is 11.7. The molecule has 2 heterocycles. The monoisotopic (exact) mass is 259 g/mol. The minimum atomic E-state index is 0.290. The van der Waals surface area contributed by atoms with Gasteiger partial charge in [-0.05, 0) is 55.0 Å². The largest absolute Gasteiger partial charge is 0.316 e. The van der Waals surface area contributed by atoms with Gasteiger partial charge in [0.25, 0.3) is 0 Å². The first-order valence-electron chi connectivity index (χ1n) is 6.23. The Balaban J connectivity index is 1.89. The van der Waals surface area contributed by atoms with Crippen molar-refractivity contribution >= 4 is 17.2 Å². The molecule has 18 heavy (non-hydrogen) atoms. The van der Waals surface area contributed by atoms with Gasteiger partial charge in [-0.2, -0.15) is 5.26 Å². The third-order valence-electron chi connectivity index (χ3n) is 3.96. The molecule has 0 aromatic carbocycles. The molecule has 0 unspecified atom stereocenters. The first-order valence-corrected chi connectivity index (χ1v) is 6.61. The number of aromatic nitrogens is 1. The Bertz CT molecular complexity index is 544. The summed E-state index contributed by atoms with van der Waals surface area (Å²) >= 11 is 5.86. The van der Waals surface area contributed by atoms with Crippen molar-refractivity contribution in [2.24, 2.45) is 11.8 Å². The van der Waals surface area contributed by atoms with Gasteiger partial charge in [0.15, 0.2) is 0 Å². The molecule has 1 aromatic rings. The summed E-state index contributed by atoms with van der Waals surface area (Å²) in [5.74, 6) is 1.51. The Labute approximate surface area is 111 Å². The average Bonchev–Trinajstić information content (AvgIpc) is 2.86. The zero-order chi connectivity index (χ0) is 12.5. The van der Waals surface area contributed by atoms with Crippen LogP contribution in [0.2, 0.25) is 5.15 Å². The van der Waals surface area contributed by atoms with Crippen LogP contribution in [-0.2, 0) is 0 Å². The maximum Gasteiger partial charge on any atom is 0.146 e. The highest BCUT2D eigenvalue weighted by molar-refractivity contribution is 6.30. The van der Waals surface area contributed by atoms with Crippen LogP contribution in [0.1, 0.15) is 24.0 Å². The molecule has 92 valence electrons. The number of fused-ring (bicyclic) bond motifs is 1. The highest BCUT2D eigenvalue weighted by atomic mass is 35.5. The lowest BCUT2D eigenvalue weighted by Gasteiger charge is -2.24. The van der Waals surface area contributed by atoms with E-state index in [2.05, 4.69) is 22.4 Å². The second-order valence-electron chi connectivity index (χ2n) is 5.02. The van der Waals surface area contributed by atoms with Crippen LogP contribution in [-0.4, -0.2) is 18.1 Å². The zero-order valence-corrected chi connectivity index (χ0v) is 10.7. The number of rotatable bonds is 1. The lowest BCUT2D eigenvalue weighted by Crippen LogP contribution is -2.16. The Hall–Kier alpha value is -1.37. The maximum absolute atomic E-state index is 8.99. The topological polar surface area (TPSA) is 48.7 Å². The summed E-state index contributed by atoms with van der Waals surface area (Å²) in [5.41, 5.74) is 2.81. The average molecular weight is 260 g/mol. The van der Waals surface area contributed by atoms with E-state index in [1.165, 1.54) is 5.57 Å². The van der Waals surface area contributed by atoms with Crippen LogP contribution in [0.5, 0.6) is 0 Å². The molecule has 1 aliphatic carbocycles.